The van der Waals surface area contributed by atoms with Crippen LogP contribution in [0.3, 0.4) is 0 Å². The summed E-state index contributed by atoms with van der Waals surface area (Å²) in [6, 6.07) is 5.86. The summed E-state index contributed by atoms with van der Waals surface area (Å²) < 4.78 is 13.0. The van der Waals surface area contributed by atoms with Gasteiger partial charge in [-0.3, -0.25) is 19.8 Å². The molecule has 136 valence electrons. The molecule has 1 heterocycles. The molecule has 1 aromatic rings. The molecule has 0 aromatic heterocycles. The summed E-state index contributed by atoms with van der Waals surface area (Å²) in [4.78, 5) is 26.5. The van der Waals surface area contributed by atoms with Crippen LogP contribution in [0.4, 0.5) is 4.39 Å². The molecule has 1 fully saturated rings. The van der Waals surface area contributed by atoms with Crippen LogP contribution in [0.25, 0.3) is 0 Å². The van der Waals surface area contributed by atoms with Crippen molar-refractivity contribution in [1.29, 1.82) is 5.41 Å². The molecule has 1 saturated heterocycles. The van der Waals surface area contributed by atoms with Crippen LogP contribution in [0, 0.1) is 16.6 Å². The van der Waals surface area contributed by atoms with Gasteiger partial charge in [0.2, 0.25) is 11.8 Å². The van der Waals surface area contributed by atoms with Gasteiger partial charge in [-0.2, -0.15) is 0 Å². The third-order valence-electron chi connectivity index (χ3n) is 4.47. The van der Waals surface area contributed by atoms with Crippen molar-refractivity contribution >= 4 is 17.5 Å². The molecule has 0 spiro atoms. The van der Waals surface area contributed by atoms with E-state index < -0.39 is 5.91 Å². The minimum absolute atomic E-state index is 0.0695. The lowest BCUT2D eigenvalue weighted by Gasteiger charge is -2.24. The van der Waals surface area contributed by atoms with Gasteiger partial charge in [-0.1, -0.05) is 32.9 Å². The van der Waals surface area contributed by atoms with Crippen molar-refractivity contribution in [3.05, 3.63) is 35.6 Å². The van der Waals surface area contributed by atoms with Crippen LogP contribution in [-0.2, 0) is 16.1 Å². The van der Waals surface area contributed by atoms with E-state index in [-0.39, 0.29) is 29.6 Å². The zero-order valence-corrected chi connectivity index (χ0v) is 15.1. The number of nitrogens with zero attached hydrogens (tertiary/aromatic N) is 1. The average Bonchev–Trinajstić information content (AvgIpc) is 2.96. The predicted octanol–water partition coefficient (Wildman–Crippen LogP) is 2.89. The molecule has 2 amide bonds. The normalized spacial score (nSPS) is 18.2. The third-order valence-corrected chi connectivity index (χ3v) is 4.47. The molecule has 0 bridgehead atoms. The van der Waals surface area contributed by atoms with Crippen LogP contribution < -0.4 is 5.32 Å². The highest BCUT2D eigenvalue weighted by Crippen LogP contribution is 2.21. The molecular formula is C19H26FN3O2. The van der Waals surface area contributed by atoms with Gasteiger partial charge in [0.05, 0.1) is 12.5 Å². The van der Waals surface area contributed by atoms with E-state index in [2.05, 4.69) is 5.32 Å². The van der Waals surface area contributed by atoms with Gasteiger partial charge in [-0.05, 0) is 37.1 Å². The number of hydrogen-bond donors (Lipinski definition) is 2. The highest BCUT2D eigenvalue weighted by molar-refractivity contribution is 6.07. The summed E-state index contributed by atoms with van der Waals surface area (Å²) in [6.45, 7) is 6.91. The molecule has 1 unspecified atom stereocenters. The second kappa shape index (κ2) is 7.87. The van der Waals surface area contributed by atoms with Crippen LogP contribution in [0.1, 0.15) is 45.6 Å². The van der Waals surface area contributed by atoms with Gasteiger partial charge in [-0.15, -0.1) is 0 Å². The van der Waals surface area contributed by atoms with E-state index in [4.69, 9.17) is 5.41 Å². The van der Waals surface area contributed by atoms with E-state index in [9.17, 15) is 14.0 Å². The Labute approximate surface area is 148 Å². The first-order chi connectivity index (χ1) is 11.7. The van der Waals surface area contributed by atoms with E-state index in [0.717, 1.165) is 18.5 Å². The summed E-state index contributed by atoms with van der Waals surface area (Å²) in [5, 5.41) is 10.3. The molecule has 5 nitrogen and oxygen atoms in total. The van der Waals surface area contributed by atoms with Crippen LogP contribution >= 0.6 is 0 Å². The first kappa shape index (κ1) is 19.2. The van der Waals surface area contributed by atoms with Crippen LogP contribution in [0.15, 0.2) is 24.3 Å². The van der Waals surface area contributed by atoms with Gasteiger partial charge in [0.25, 0.3) is 0 Å². The molecule has 0 aliphatic carbocycles. The third kappa shape index (κ3) is 5.46. The fourth-order valence-electron chi connectivity index (χ4n) is 2.83. The number of carbonyl (C=O) groups is 2. The maximum absolute atomic E-state index is 13.0. The molecule has 1 aromatic carbocycles. The number of rotatable bonds is 5. The zero-order chi connectivity index (χ0) is 18.6. The fraction of sp³-hybridized carbons (Fsp3) is 0.526. The minimum Gasteiger partial charge on any atom is -0.309 e. The summed E-state index contributed by atoms with van der Waals surface area (Å²) in [7, 11) is 0. The lowest BCUT2D eigenvalue weighted by atomic mass is 9.88. The van der Waals surface area contributed by atoms with Crippen molar-refractivity contribution in [3.63, 3.8) is 0 Å². The van der Waals surface area contributed by atoms with Gasteiger partial charge < -0.3 is 5.41 Å². The predicted molar refractivity (Wildman–Crippen MR) is 94.8 cm³/mol. The van der Waals surface area contributed by atoms with Crippen molar-refractivity contribution in [2.24, 2.45) is 5.41 Å². The SMILES string of the molecule is CC(C)(C)C(=N)CC(=O)NC(=O)C1CCCN1Cc1ccc(F)cc1. The van der Waals surface area contributed by atoms with Crippen LogP contribution in [-0.4, -0.2) is 35.0 Å². The molecule has 25 heavy (non-hydrogen) atoms. The Bertz CT molecular complexity index is 650. The van der Waals surface area contributed by atoms with Gasteiger partial charge >= 0.3 is 0 Å². The molecule has 2 rings (SSSR count). The number of imide groups is 1. The lowest BCUT2D eigenvalue weighted by molar-refractivity contribution is -0.132. The van der Waals surface area contributed by atoms with Crippen molar-refractivity contribution in [2.75, 3.05) is 6.54 Å². The summed E-state index contributed by atoms with van der Waals surface area (Å²) in [6.07, 6.45) is 1.50. The number of carbonyl (C=O) groups excluding carboxylic acids is 2. The number of likely N-dealkylation sites (tertiary alicyclic amines) is 1. The van der Waals surface area contributed by atoms with Crippen molar-refractivity contribution in [1.82, 2.24) is 10.2 Å². The van der Waals surface area contributed by atoms with Crippen LogP contribution in [0.5, 0.6) is 0 Å². The Balaban J connectivity index is 1.92. The summed E-state index contributed by atoms with van der Waals surface area (Å²) in [5.74, 6) is -1.03. The Morgan fingerprint density at radius 2 is 1.92 bits per heavy atom. The van der Waals surface area contributed by atoms with E-state index in [1.807, 2.05) is 25.7 Å². The molecule has 2 N–H and O–H groups in total. The monoisotopic (exact) mass is 347 g/mol. The van der Waals surface area contributed by atoms with Gasteiger partial charge in [0, 0.05) is 17.7 Å². The fourth-order valence-corrected chi connectivity index (χ4v) is 2.83. The number of benzene rings is 1. The summed E-state index contributed by atoms with van der Waals surface area (Å²) >= 11 is 0. The first-order valence-electron chi connectivity index (χ1n) is 8.57. The smallest absolute Gasteiger partial charge is 0.243 e. The van der Waals surface area contributed by atoms with E-state index in [1.54, 1.807) is 12.1 Å². The Morgan fingerprint density at radius 3 is 2.52 bits per heavy atom. The average molecular weight is 347 g/mol. The molecule has 1 atom stereocenters. The maximum Gasteiger partial charge on any atom is 0.243 e. The summed E-state index contributed by atoms with van der Waals surface area (Å²) in [5.41, 5.74) is 0.844. The maximum atomic E-state index is 13.0. The Kier molecular flexibility index (Phi) is 6.06. The second-order valence-electron chi connectivity index (χ2n) is 7.57. The number of amides is 2. The minimum atomic E-state index is -0.432. The molecule has 1 aliphatic rings. The van der Waals surface area contributed by atoms with E-state index in [0.29, 0.717) is 18.7 Å². The Morgan fingerprint density at radius 1 is 1.28 bits per heavy atom. The van der Waals surface area contributed by atoms with Gasteiger partial charge in [-0.25, -0.2) is 4.39 Å². The molecule has 0 saturated carbocycles. The van der Waals surface area contributed by atoms with Gasteiger partial charge in [0.1, 0.15) is 5.82 Å². The van der Waals surface area contributed by atoms with Crippen molar-refractivity contribution < 1.29 is 14.0 Å². The van der Waals surface area contributed by atoms with Crippen LogP contribution in [0.2, 0.25) is 0 Å². The van der Waals surface area contributed by atoms with E-state index >= 15 is 0 Å². The molecular weight excluding hydrogens is 321 g/mol. The molecule has 6 heteroatoms. The van der Waals surface area contributed by atoms with Gasteiger partial charge in [0.15, 0.2) is 0 Å². The quantitative estimate of drug-likeness (QED) is 0.805. The highest BCUT2D eigenvalue weighted by Gasteiger charge is 2.32. The number of halogens is 1. The topological polar surface area (TPSA) is 73.3 Å². The highest BCUT2D eigenvalue weighted by atomic mass is 19.1. The number of hydrogen-bond acceptors (Lipinski definition) is 4. The van der Waals surface area contributed by atoms with E-state index in [1.165, 1.54) is 12.1 Å². The second-order valence-corrected chi connectivity index (χ2v) is 7.57. The standard InChI is InChI=1S/C19H26FN3O2/c1-19(2,3)16(21)11-17(24)22-18(25)15-5-4-10-23(15)12-13-6-8-14(20)9-7-13/h6-9,15,21H,4-5,10-12H2,1-3H3,(H,22,24,25). The number of nitrogens with one attached hydrogen (secondary N) is 2. The van der Waals surface area contributed by atoms with Crippen molar-refractivity contribution in [3.8, 4) is 0 Å². The lowest BCUT2D eigenvalue weighted by Crippen LogP contribution is -2.45. The zero-order valence-electron chi connectivity index (χ0n) is 15.1. The van der Waals surface area contributed by atoms with Crippen molar-refractivity contribution in [2.45, 2.75) is 52.6 Å². The Hall–Kier alpha value is -2.08. The molecule has 1 aliphatic heterocycles. The first-order valence-corrected chi connectivity index (χ1v) is 8.57. The largest absolute Gasteiger partial charge is 0.309 e. The molecule has 0 radical (unpaired) electrons.